The molecule has 0 amide bonds. The van der Waals surface area contributed by atoms with Crippen LogP contribution >= 0.6 is 0 Å². The highest BCUT2D eigenvalue weighted by atomic mass is 32.2. The summed E-state index contributed by atoms with van der Waals surface area (Å²) in [7, 11) is -2.78. The lowest BCUT2D eigenvalue weighted by Crippen LogP contribution is -2.14. The van der Waals surface area contributed by atoms with E-state index in [-0.39, 0.29) is 16.3 Å². The van der Waals surface area contributed by atoms with E-state index >= 15 is 0 Å². The summed E-state index contributed by atoms with van der Waals surface area (Å²) < 4.78 is 45.4. The second kappa shape index (κ2) is 6.21. The molecule has 9 heteroatoms. The zero-order chi connectivity index (χ0) is 17.2. The monoisotopic (exact) mass is 340 g/mol. The molecule has 2 aromatic carbocycles. The molecule has 0 atom stereocenters. The highest BCUT2D eigenvalue weighted by Crippen LogP contribution is 2.33. The Morgan fingerprint density at radius 2 is 1.83 bits per heavy atom. The average Bonchev–Trinajstić information content (AvgIpc) is 2.47. The van der Waals surface area contributed by atoms with Crippen LogP contribution in [0.3, 0.4) is 0 Å². The van der Waals surface area contributed by atoms with Gasteiger partial charge in [-0.2, -0.15) is 4.39 Å². The minimum Gasteiger partial charge on any atom is -0.494 e. The van der Waals surface area contributed by atoms with Gasteiger partial charge < -0.3 is 4.74 Å². The van der Waals surface area contributed by atoms with Gasteiger partial charge in [0.15, 0.2) is 0 Å². The molecule has 2 aromatic rings. The summed E-state index contributed by atoms with van der Waals surface area (Å²) in [5.41, 5.74) is -0.154. The van der Waals surface area contributed by atoms with Crippen LogP contribution in [0, 0.1) is 22.9 Å². The van der Waals surface area contributed by atoms with Crippen LogP contribution in [-0.4, -0.2) is 20.5 Å². The maximum absolute atomic E-state index is 13.7. The molecule has 0 radical (unpaired) electrons. The number of nitro groups is 1. The largest absolute Gasteiger partial charge is 0.494 e. The number of nitro benzene ring substituents is 1. The Labute approximate surface area is 131 Å². The fraction of sp³-hybridized carbons (Fsp3) is 0.143. The van der Waals surface area contributed by atoms with Gasteiger partial charge in [0, 0.05) is 6.07 Å². The van der Waals surface area contributed by atoms with Crippen LogP contribution in [0.15, 0.2) is 41.3 Å². The smallest absolute Gasteiger partial charge is 0.308 e. The SMILES string of the molecule is COc1cc([N+](=O)[O-])c(F)cc1NS(=O)(=O)c1ccc(C)cc1. The van der Waals surface area contributed by atoms with Crippen LogP contribution in [0.25, 0.3) is 0 Å². The van der Waals surface area contributed by atoms with Crippen LogP contribution in [-0.2, 0) is 10.0 Å². The first-order valence-electron chi connectivity index (χ1n) is 6.36. The standard InChI is InChI=1S/C14H13FN2O5S/c1-9-3-5-10(6-4-9)23(20,21)16-12-7-11(15)13(17(18)19)8-14(12)22-2/h3-8,16H,1-2H3. The van der Waals surface area contributed by atoms with Crippen molar-refractivity contribution in [3.05, 3.63) is 57.9 Å². The molecule has 2 rings (SSSR count). The predicted molar refractivity (Wildman–Crippen MR) is 81.6 cm³/mol. The van der Waals surface area contributed by atoms with Gasteiger partial charge in [0.05, 0.1) is 28.7 Å². The molecule has 0 fully saturated rings. The van der Waals surface area contributed by atoms with Crippen molar-refractivity contribution in [2.24, 2.45) is 0 Å². The van der Waals surface area contributed by atoms with E-state index in [0.717, 1.165) is 11.6 Å². The van der Waals surface area contributed by atoms with Gasteiger partial charge in [0.25, 0.3) is 10.0 Å². The third-order valence-electron chi connectivity index (χ3n) is 3.04. The van der Waals surface area contributed by atoms with Gasteiger partial charge in [-0.3, -0.25) is 14.8 Å². The summed E-state index contributed by atoms with van der Waals surface area (Å²) in [4.78, 5) is 9.77. The maximum Gasteiger partial charge on any atom is 0.308 e. The molecule has 23 heavy (non-hydrogen) atoms. The first kappa shape index (κ1) is 16.7. The number of rotatable bonds is 5. The van der Waals surface area contributed by atoms with Gasteiger partial charge in [-0.1, -0.05) is 17.7 Å². The van der Waals surface area contributed by atoms with Gasteiger partial charge in [-0.15, -0.1) is 0 Å². The zero-order valence-electron chi connectivity index (χ0n) is 12.2. The fourth-order valence-electron chi connectivity index (χ4n) is 1.85. The van der Waals surface area contributed by atoms with Gasteiger partial charge in [0.1, 0.15) is 5.75 Å². The Morgan fingerprint density at radius 1 is 1.22 bits per heavy atom. The van der Waals surface area contributed by atoms with Gasteiger partial charge in [-0.25, -0.2) is 8.42 Å². The molecule has 0 saturated heterocycles. The number of sulfonamides is 1. The number of hydrogen-bond acceptors (Lipinski definition) is 5. The Hall–Kier alpha value is -2.68. The van der Waals surface area contributed by atoms with Crippen molar-refractivity contribution in [3.63, 3.8) is 0 Å². The molecular formula is C14H13FN2O5S. The van der Waals surface area contributed by atoms with Crippen molar-refractivity contribution in [2.75, 3.05) is 11.8 Å². The van der Waals surface area contributed by atoms with Crippen LogP contribution in [0.5, 0.6) is 5.75 Å². The topological polar surface area (TPSA) is 98.5 Å². The Bertz CT molecular complexity index is 850. The van der Waals surface area contributed by atoms with Crippen LogP contribution < -0.4 is 9.46 Å². The fourth-order valence-corrected chi connectivity index (χ4v) is 2.91. The van der Waals surface area contributed by atoms with Crippen LogP contribution in [0.2, 0.25) is 0 Å². The summed E-state index contributed by atoms with van der Waals surface area (Å²) in [6.07, 6.45) is 0. The average molecular weight is 340 g/mol. The number of benzene rings is 2. The summed E-state index contributed by atoms with van der Waals surface area (Å²) in [6.45, 7) is 1.80. The molecule has 0 unspecified atom stereocenters. The Kier molecular flexibility index (Phi) is 4.50. The minimum atomic E-state index is -3.98. The molecule has 0 spiro atoms. The molecule has 0 bridgehead atoms. The Morgan fingerprint density at radius 3 is 2.35 bits per heavy atom. The van der Waals surface area contributed by atoms with Crippen LogP contribution in [0.4, 0.5) is 15.8 Å². The zero-order valence-corrected chi connectivity index (χ0v) is 13.1. The van der Waals surface area contributed by atoms with E-state index in [4.69, 9.17) is 4.74 Å². The molecule has 0 aliphatic carbocycles. The molecular weight excluding hydrogens is 327 g/mol. The second-order valence-corrected chi connectivity index (χ2v) is 6.36. The van der Waals surface area contributed by atoms with E-state index in [0.29, 0.717) is 6.07 Å². The predicted octanol–water partition coefficient (Wildman–Crippen LogP) is 2.85. The van der Waals surface area contributed by atoms with Crippen molar-refractivity contribution in [1.29, 1.82) is 0 Å². The normalized spacial score (nSPS) is 11.1. The number of nitrogens with one attached hydrogen (secondary N) is 1. The van der Waals surface area contributed by atoms with E-state index in [9.17, 15) is 22.9 Å². The lowest BCUT2D eigenvalue weighted by Gasteiger charge is -2.12. The van der Waals surface area contributed by atoms with E-state index in [1.165, 1.54) is 19.2 Å². The minimum absolute atomic E-state index is 0.0242. The maximum atomic E-state index is 13.7. The van der Waals surface area contributed by atoms with Gasteiger partial charge in [0.2, 0.25) is 5.82 Å². The molecule has 0 aliphatic rings. The first-order chi connectivity index (χ1) is 10.7. The lowest BCUT2D eigenvalue weighted by atomic mass is 10.2. The number of nitrogens with zero attached hydrogens (tertiary/aromatic N) is 1. The highest BCUT2D eigenvalue weighted by molar-refractivity contribution is 7.92. The Balaban J connectivity index is 2.44. The lowest BCUT2D eigenvalue weighted by molar-refractivity contribution is -0.387. The molecule has 0 aromatic heterocycles. The van der Waals surface area contributed by atoms with Gasteiger partial charge in [-0.05, 0) is 19.1 Å². The third kappa shape index (κ3) is 3.57. The number of halogens is 1. The molecule has 0 heterocycles. The number of anilines is 1. The molecule has 122 valence electrons. The third-order valence-corrected chi connectivity index (χ3v) is 4.42. The highest BCUT2D eigenvalue weighted by Gasteiger charge is 2.22. The van der Waals surface area contributed by atoms with Crippen molar-refractivity contribution in [2.45, 2.75) is 11.8 Å². The summed E-state index contributed by atoms with van der Waals surface area (Å²) in [5.74, 6) is -1.33. The van der Waals surface area contributed by atoms with Crippen molar-refractivity contribution >= 4 is 21.4 Å². The summed E-state index contributed by atoms with van der Waals surface area (Å²) >= 11 is 0. The van der Waals surface area contributed by atoms with Crippen molar-refractivity contribution in [3.8, 4) is 5.75 Å². The number of hydrogen-bond donors (Lipinski definition) is 1. The number of aryl methyl sites for hydroxylation is 1. The van der Waals surface area contributed by atoms with Crippen LogP contribution in [0.1, 0.15) is 5.56 Å². The second-order valence-electron chi connectivity index (χ2n) is 4.68. The van der Waals surface area contributed by atoms with E-state index in [1.807, 2.05) is 0 Å². The summed E-state index contributed by atoms with van der Waals surface area (Å²) in [6, 6.07) is 7.55. The molecule has 1 N–H and O–H groups in total. The van der Waals surface area contributed by atoms with E-state index < -0.39 is 26.5 Å². The first-order valence-corrected chi connectivity index (χ1v) is 7.84. The summed E-state index contributed by atoms with van der Waals surface area (Å²) in [5, 5.41) is 10.7. The molecule has 0 aliphatic heterocycles. The molecule has 7 nitrogen and oxygen atoms in total. The van der Waals surface area contributed by atoms with E-state index in [2.05, 4.69) is 4.72 Å². The van der Waals surface area contributed by atoms with E-state index in [1.54, 1.807) is 19.1 Å². The van der Waals surface area contributed by atoms with Crippen molar-refractivity contribution in [1.82, 2.24) is 0 Å². The number of ether oxygens (including phenoxy) is 1. The van der Waals surface area contributed by atoms with Crippen molar-refractivity contribution < 1.29 is 22.5 Å². The molecule has 0 saturated carbocycles. The van der Waals surface area contributed by atoms with Gasteiger partial charge >= 0.3 is 5.69 Å². The number of methoxy groups -OCH3 is 1. The quantitative estimate of drug-likeness (QED) is 0.666.